The highest BCUT2D eigenvalue weighted by molar-refractivity contribution is 6.27. The van der Waals surface area contributed by atoms with Crippen LogP contribution >= 0.6 is 0 Å². The van der Waals surface area contributed by atoms with E-state index in [2.05, 4.69) is 182 Å². The molecule has 9 aromatic carbocycles. The molecule has 12 rings (SSSR count). The Morgan fingerprint density at radius 2 is 0.864 bits per heavy atom. The highest BCUT2D eigenvalue weighted by Gasteiger charge is 2.22. The number of benzene rings is 9. The maximum atomic E-state index is 6.64. The molecule has 0 saturated carbocycles. The van der Waals surface area contributed by atoms with Crippen molar-refractivity contribution in [2.24, 2.45) is 0 Å². The summed E-state index contributed by atoms with van der Waals surface area (Å²) in [5.41, 5.74) is 9.44. The van der Waals surface area contributed by atoms with Crippen molar-refractivity contribution in [1.82, 2.24) is 19.9 Å². The van der Waals surface area contributed by atoms with Crippen LogP contribution in [0.5, 0.6) is 0 Å². The molecule has 274 valence electrons. The van der Waals surface area contributed by atoms with Crippen molar-refractivity contribution < 1.29 is 4.42 Å². The van der Waals surface area contributed by atoms with Gasteiger partial charge in [-0.05, 0) is 51.4 Å². The summed E-state index contributed by atoms with van der Waals surface area (Å²) in [5.74, 6) is 1.82. The molecule has 0 fully saturated rings. The van der Waals surface area contributed by atoms with Crippen LogP contribution in [0.2, 0.25) is 0 Å². The molecule has 0 unspecified atom stereocenters. The summed E-state index contributed by atoms with van der Waals surface area (Å²) in [4.78, 5) is 21.1. The third-order valence-electron chi connectivity index (χ3n) is 11.5. The molecule has 0 saturated heterocycles. The fraction of sp³-hybridized carbons (Fsp3) is 0. The standard InChI is InChI=1S/C54H32N4O/c1-2-17-35(18-3-1)48-49-42-25-8-10-29-45(42)55-51(44(49)32-47-50(48)43-26-9-11-30-46(43)59-47)36-21-12-22-37(31-36)52-56-53(40-27-13-19-33-15-4-6-23-38(33)40)58-54(57-52)41-28-14-20-34-16-5-7-24-39(34)41/h1-32H. The number of rotatable bonds is 5. The quantitative estimate of drug-likeness (QED) is 0.164. The maximum absolute atomic E-state index is 6.64. The molecule has 0 spiro atoms. The van der Waals surface area contributed by atoms with Crippen LogP contribution in [0.1, 0.15) is 0 Å². The lowest BCUT2D eigenvalue weighted by molar-refractivity contribution is 0.669. The fourth-order valence-corrected chi connectivity index (χ4v) is 8.82. The number of fused-ring (bicyclic) bond motifs is 8. The zero-order chi connectivity index (χ0) is 38.9. The van der Waals surface area contributed by atoms with Crippen molar-refractivity contribution in [2.45, 2.75) is 0 Å². The van der Waals surface area contributed by atoms with Crippen LogP contribution in [0.4, 0.5) is 0 Å². The van der Waals surface area contributed by atoms with Crippen LogP contribution in [-0.4, -0.2) is 19.9 Å². The minimum absolute atomic E-state index is 0.586. The van der Waals surface area contributed by atoms with E-state index in [4.69, 9.17) is 24.4 Å². The van der Waals surface area contributed by atoms with Crippen LogP contribution < -0.4 is 0 Å². The summed E-state index contributed by atoms with van der Waals surface area (Å²) >= 11 is 0. The molecular formula is C54H32N4O. The van der Waals surface area contributed by atoms with Crippen molar-refractivity contribution >= 4 is 65.2 Å². The second-order valence-corrected chi connectivity index (χ2v) is 14.9. The molecule has 59 heavy (non-hydrogen) atoms. The lowest BCUT2D eigenvalue weighted by Gasteiger charge is -2.16. The predicted molar refractivity (Wildman–Crippen MR) is 242 cm³/mol. The Morgan fingerprint density at radius 3 is 1.59 bits per heavy atom. The van der Waals surface area contributed by atoms with E-state index in [9.17, 15) is 0 Å². The Hall–Kier alpha value is -8.02. The molecule has 0 aliphatic rings. The summed E-state index contributed by atoms with van der Waals surface area (Å²) in [5, 5.41) is 9.85. The van der Waals surface area contributed by atoms with E-state index in [-0.39, 0.29) is 0 Å². The molecular weight excluding hydrogens is 721 g/mol. The Morgan fingerprint density at radius 1 is 0.322 bits per heavy atom. The molecule has 5 heteroatoms. The van der Waals surface area contributed by atoms with Gasteiger partial charge in [0, 0.05) is 54.7 Å². The van der Waals surface area contributed by atoms with Crippen molar-refractivity contribution in [1.29, 1.82) is 0 Å². The van der Waals surface area contributed by atoms with Gasteiger partial charge in [0.25, 0.3) is 0 Å². The van der Waals surface area contributed by atoms with Crippen LogP contribution in [-0.2, 0) is 0 Å². The first-order chi connectivity index (χ1) is 29.2. The first kappa shape index (κ1) is 33.2. The van der Waals surface area contributed by atoms with Gasteiger partial charge in [0.1, 0.15) is 11.2 Å². The Balaban J connectivity index is 1.13. The van der Waals surface area contributed by atoms with Gasteiger partial charge < -0.3 is 4.42 Å². The number of aromatic nitrogens is 4. The van der Waals surface area contributed by atoms with E-state index in [1.807, 2.05) is 12.1 Å². The van der Waals surface area contributed by atoms with Gasteiger partial charge in [-0.15, -0.1) is 0 Å². The molecule has 0 aliphatic heterocycles. The first-order valence-corrected chi connectivity index (χ1v) is 19.8. The monoisotopic (exact) mass is 752 g/mol. The summed E-state index contributed by atoms with van der Waals surface area (Å²) < 4.78 is 6.64. The molecule has 3 heterocycles. The van der Waals surface area contributed by atoms with Gasteiger partial charge in [0.2, 0.25) is 0 Å². The molecule has 0 amide bonds. The predicted octanol–water partition coefficient (Wildman–Crippen LogP) is 14.1. The molecule has 3 aromatic heterocycles. The first-order valence-electron chi connectivity index (χ1n) is 19.8. The van der Waals surface area contributed by atoms with E-state index in [1.54, 1.807) is 0 Å². The highest BCUT2D eigenvalue weighted by atomic mass is 16.3. The summed E-state index contributed by atoms with van der Waals surface area (Å²) in [7, 11) is 0. The molecule has 0 N–H and O–H groups in total. The number of hydrogen-bond donors (Lipinski definition) is 0. The average Bonchev–Trinajstić information content (AvgIpc) is 3.68. The van der Waals surface area contributed by atoms with Crippen molar-refractivity contribution in [3.63, 3.8) is 0 Å². The van der Waals surface area contributed by atoms with E-state index in [0.29, 0.717) is 17.5 Å². The van der Waals surface area contributed by atoms with E-state index < -0.39 is 0 Å². The third-order valence-corrected chi connectivity index (χ3v) is 11.5. The van der Waals surface area contributed by atoms with Gasteiger partial charge >= 0.3 is 0 Å². The highest BCUT2D eigenvalue weighted by Crippen LogP contribution is 2.46. The van der Waals surface area contributed by atoms with Gasteiger partial charge in [0.15, 0.2) is 17.5 Å². The van der Waals surface area contributed by atoms with Gasteiger partial charge in [-0.3, -0.25) is 0 Å². The normalized spacial score (nSPS) is 11.7. The van der Waals surface area contributed by atoms with Crippen molar-refractivity contribution in [3.8, 4) is 56.5 Å². The number of nitrogens with zero attached hydrogens (tertiary/aromatic N) is 4. The average molecular weight is 753 g/mol. The Kier molecular flexibility index (Phi) is 7.47. The maximum Gasteiger partial charge on any atom is 0.164 e. The minimum atomic E-state index is 0.586. The van der Waals surface area contributed by atoms with E-state index in [1.165, 1.54) is 0 Å². The number of furan rings is 1. The Labute approximate surface area is 338 Å². The van der Waals surface area contributed by atoms with Gasteiger partial charge in [-0.2, -0.15) is 0 Å². The Bertz CT molecular complexity index is 3520. The SMILES string of the molecule is c1ccc(-c2c3c(cc4c(-c5cccc(-c6nc(-c7cccc8ccccc78)nc(-c7cccc8ccccc78)n6)c5)nc5ccccc5c24)oc2ccccc23)cc1. The van der Waals surface area contributed by atoms with Crippen LogP contribution in [0.3, 0.4) is 0 Å². The smallest absolute Gasteiger partial charge is 0.164 e. The lowest BCUT2D eigenvalue weighted by atomic mass is 9.89. The largest absolute Gasteiger partial charge is 0.456 e. The van der Waals surface area contributed by atoms with Crippen LogP contribution in [0, 0.1) is 0 Å². The molecule has 0 bridgehead atoms. The molecule has 0 aliphatic carbocycles. The lowest BCUT2D eigenvalue weighted by Crippen LogP contribution is -2.01. The minimum Gasteiger partial charge on any atom is -0.456 e. The van der Waals surface area contributed by atoms with Gasteiger partial charge in [-0.25, -0.2) is 19.9 Å². The third kappa shape index (κ3) is 5.40. The molecule has 5 nitrogen and oxygen atoms in total. The van der Waals surface area contributed by atoms with Crippen molar-refractivity contribution in [2.75, 3.05) is 0 Å². The van der Waals surface area contributed by atoms with Gasteiger partial charge in [-0.1, -0.05) is 170 Å². The van der Waals surface area contributed by atoms with E-state index in [0.717, 1.165) is 104 Å². The number of pyridine rings is 1. The second-order valence-electron chi connectivity index (χ2n) is 14.9. The summed E-state index contributed by atoms with van der Waals surface area (Å²) in [6, 6.07) is 67.3. The summed E-state index contributed by atoms with van der Waals surface area (Å²) in [6.07, 6.45) is 0. The van der Waals surface area contributed by atoms with Crippen molar-refractivity contribution in [3.05, 3.63) is 194 Å². The molecule has 0 atom stereocenters. The molecule has 12 aromatic rings. The van der Waals surface area contributed by atoms with Crippen LogP contribution in [0.25, 0.3) is 122 Å². The van der Waals surface area contributed by atoms with E-state index >= 15 is 0 Å². The van der Waals surface area contributed by atoms with Crippen LogP contribution in [0.15, 0.2) is 199 Å². The molecule has 0 radical (unpaired) electrons. The zero-order valence-electron chi connectivity index (χ0n) is 31.7. The fourth-order valence-electron chi connectivity index (χ4n) is 8.82. The second kappa shape index (κ2) is 13.3. The number of para-hydroxylation sites is 2. The zero-order valence-corrected chi connectivity index (χ0v) is 31.7. The van der Waals surface area contributed by atoms with Gasteiger partial charge in [0.05, 0.1) is 11.2 Å². The summed E-state index contributed by atoms with van der Waals surface area (Å²) in [6.45, 7) is 0. The topological polar surface area (TPSA) is 64.7 Å². The number of hydrogen-bond acceptors (Lipinski definition) is 5.